The number of unbranched alkanes of at least 4 members (excludes halogenated alkanes) is 1. The maximum absolute atomic E-state index is 9.30. The van der Waals surface area contributed by atoms with Crippen molar-refractivity contribution in [1.82, 2.24) is 14.8 Å². The smallest absolute Gasteiger partial charge is 0.158 e. The third kappa shape index (κ3) is 3.78. The first-order valence-electron chi connectivity index (χ1n) is 6.80. The van der Waals surface area contributed by atoms with E-state index >= 15 is 0 Å². The molecule has 1 atom stereocenters. The largest absolute Gasteiger partial charge is 0.388 e. The maximum Gasteiger partial charge on any atom is 0.158 e. The molecular weight excluding hydrogens is 230 g/mol. The van der Waals surface area contributed by atoms with Gasteiger partial charge in [0.05, 0.1) is 6.61 Å². The molecule has 1 unspecified atom stereocenters. The number of methoxy groups -OCH3 is 1. The van der Waals surface area contributed by atoms with Crippen molar-refractivity contribution in [3.8, 4) is 0 Å². The summed E-state index contributed by atoms with van der Waals surface area (Å²) in [6.45, 7) is 5.62. The molecule has 0 aliphatic heterocycles. The summed E-state index contributed by atoms with van der Waals surface area (Å²) in [5, 5.41) is 17.6. The highest BCUT2D eigenvalue weighted by Crippen LogP contribution is 2.24. The molecule has 0 fully saturated rings. The molecule has 18 heavy (non-hydrogen) atoms. The van der Waals surface area contributed by atoms with Crippen LogP contribution in [0, 0.1) is 0 Å². The summed E-state index contributed by atoms with van der Waals surface area (Å²) >= 11 is 0. The van der Waals surface area contributed by atoms with Crippen LogP contribution in [-0.4, -0.2) is 33.6 Å². The van der Waals surface area contributed by atoms with Gasteiger partial charge < -0.3 is 14.4 Å². The summed E-state index contributed by atoms with van der Waals surface area (Å²) in [6.07, 6.45) is 4.57. The van der Waals surface area contributed by atoms with Gasteiger partial charge in [0.1, 0.15) is 12.4 Å². The Bertz CT molecular complexity index is 339. The molecule has 5 nitrogen and oxygen atoms in total. The monoisotopic (exact) mass is 255 g/mol. The highest BCUT2D eigenvalue weighted by molar-refractivity contribution is 5.01. The first kappa shape index (κ1) is 15.1. The number of aromatic nitrogens is 3. The Labute approximate surface area is 109 Å². The van der Waals surface area contributed by atoms with Crippen molar-refractivity contribution < 1.29 is 9.84 Å². The van der Waals surface area contributed by atoms with E-state index in [4.69, 9.17) is 4.74 Å². The summed E-state index contributed by atoms with van der Waals surface area (Å²) in [5.74, 6) is 2.05. The molecule has 0 aliphatic rings. The van der Waals surface area contributed by atoms with Crippen LogP contribution in [0.3, 0.4) is 0 Å². The fourth-order valence-electron chi connectivity index (χ4n) is 2.16. The number of hydrogen-bond acceptors (Lipinski definition) is 4. The number of hydrogen-bond donors (Lipinski definition) is 1. The van der Waals surface area contributed by atoms with Crippen LogP contribution in [-0.2, 0) is 17.9 Å². The van der Waals surface area contributed by atoms with Gasteiger partial charge in [0, 0.05) is 19.6 Å². The topological polar surface area (TPSA) is 60.2 Å². The van der Waals surface area contributed by atoms with Crippen molar-refractivity contribution in [2.45, 2.75) is 58.6 Å². The van der Waals surface area contributed by atoms with Crippen molar-refractivity contribution >= 4 is 0 Å². The Morgan fingerprint density at radius 3 is 2.67 bits per heavy atom. The molecule has 1 aromatic rings. The lowest BCUT2D eigenvalue weighted by atomic mass is 9.98. The lowest BCUT2D eigenvalue weighted by Gasteiger charge is -2.16. The summed E-state index contributed by atoms with van der Waals surface area (Å²) in [5.41, 5.74) is 0. The van der Waals surface area contributed by atoms with Crippen molar-refractivity contribution in [2.24, 2.45) is 0 Å². The zero-order valence-corrected chi connectivity index (χ0v) is 11.7. The minimum atomic E-state index is -0.0685. The van der Waals surface area contributed by atoms with E-state index in [-0.39, 0.29) is 6.61 Å². The molecule has 1 heterocycles. The van der Waals surface area contributed by atoms with Gasteiger partial charge in [-0.05, 0) is 12.8 Å². The molecule has 0 amide bonds. The number of aliphatic hydroxyl groups excluding tert-OH is 1. The Kier molecular flexibility index (Phi) is 6.90. The van der Waals surface area contributed by atoms with Gasteiger partial charge in [-0.1, -0.05) is 26.7 Å². The van der Waals surface area contributed by atoms with Gasteiger partial charge in [-0.25, -0.2) is 0 Å². The van der Waals surface area contributed by atoms with E-state index in [9.17, 15) is 5.11 Å². The second-order valence-electron chi connectivity index (χ2n) is 4.52. The highest BCUT2D eigenvalue weighted by Gasteiger charge is 2.19. The zero-order valence-electron chi connectivity index (χ0n) is 11.7. The first-order valence-corrected chi connectivity index (χ1v) is 6.80. The van der Waals surface area contributed by atoms with Crippen LogP contribution >= 0.6 is 0 Å². The third-order valence-corrected chi connectivity index (χ3v) is 3.28. The molecule has 0 spiro atoms. The molecule has 1 N–H and O–H groups in total. The Morgan fingerprint density at radius 1 is 1.33 bits per heavy atom. The molecule has 104 valence electrons. The van der Waals surface area contributed by atoms with E-state index in [1.54, 1.807) is 7.11 Å². The maximum atomic E-state index is 9.30. The lowest BCUT2D eigenvalue weighted by molar-refractivity contribution is 0.181. The van der Waals surface area contributed by atoms with Gasteiger partial charge in [-0.15, -0.1) is 10.2 Å². The van der Waals surface area contributed by atoms with Crippen molar-refractivity contribution in [1.29, 1.82) is 0 Å². The van der Waals surface area contributed by atoms with Gasteiger partial charge >= 0.3 is 0 Å². The van der Waals surface area contributed by atoms with E-state index in [0.29, 0.717) is 24.9 Å². The van der Waals surface area contributed by atoms with Crippen molar-refractivity contribution in [3.05, 3.63) is 11.6 Å². The van der Waals surface area contributed by atoms with Crippen molar-refractivity contribution in [3.63, 3.8) is 0 Å². The van der Waals surface area contributed by atoms with Gasteiger partial charge in [-0.2, -0.15) is 0 Å². The zero-order chi connectivity index (χ0) is 13.4. The van der Waals surface area contributed by atoms with E-state index in [2.05, 4.69) is 24.0 Å². The summed E-state index contributed by atoms with van der Waals surface area (Å²) < 4.78 is 7.11. The molecule has 0 aromatic carbocycles. The fraction of sp³-hybridized carbons (Fsp3) is 0.846. The summed E-state index contributed by atoms with van der Waals surface area (Å²) in [7, 11) is 1.68. The Hall–Kier alpha value is -0.940. The minimum absolute atomic E-state index is 0.0685. The van der Waals surface area contributed by atoms with Crippen LogP contribution < -0.4 is 0 Å². The quantitative estimate of drug-likeness (QED) is 0.734. The van der Waals surface area contributed by atoms with Crippen LogP contribution in [0.4, 0.5) is 0 Å². The number of rotatable bonds is 9. The predicted molar refractivity (Wildman–Crippen MR) is 70.4 cm³/mol. The molecule has 5 heteroatoms. The highest BCUT2D eigenvalue weighted by atomic mass is 16.5. The second-order valence-corrected chi connectivity index (χ2v) is 4.52. The molecule has 0 saturated heterocycles. The lowest BCUT2D eigenvalue weighted by Crippen LogP contribution is -2.14. The molecule has 0 bridgehead atoms. The number of ether oxygens (including phenoxy) is 1. The van der Waals surface area contributed by atoms with Crippen molar-refractivity contribution in [2.75, 3.05) is 13.7 Å². The number of aliphatic hydroxyl groups is 1. The van der Waals surface area contributed by atoms with Gasteiger partial charge in [-0.3, -0.25) is 0 Å². The Balaban J connectivity index is 2.86. The molecule has 0 saturated carbocycles. The van der Waals surface area contributed by atoms with E-state index in [1.165, 1.54) is 12.8 Å². The van der Waals surface area contributed by atoms with Gasteiger partial charge in [0.2, 0.25) is 0 Å². The summed E-state index contributed by atoms with van der Waals surface area (Å²) in [6, 6.07) is 0. The molecule has 0 radical (unpaired) electrons. The molecular formula is C13H25N3O2. The molecule has 0 aliphatic carbocycles. The van der Waals surface area contributed by atoms with Crippen LogP contribution in [0.5, 0.6) is 0 Å². The number of nitrogens with zero attached hydrogens (tertiary/aromatic N) is 3. The van der Waals surface area contributed by atoms with Crippen LogP contribution in [0.1, 0.15) is 57.1 Å². The standard InChI is InChI=1S/C13H25N3O2/c1-4-6-7-11(5-2)13-15-14-12(10-17)16(13)8-9-18-3/h11,17H,4-10H2,1-3H3. The third-order valence-electron chi connectivity index (χ3n) is 3.28. The fourth-order valence-corrected chi connectivity index (χ4v) is 2.16. The average molecular weight is 255 g/mol. The normalized spacial score (nSPS) is 12.9. The van der Waals surface area contributed by atoms with E-state index in [1.807, 2.05) is 4.57 Å². The Morgan fingerprint density at radius 2 is 2.11 bits per heavy atom. The van der Waals surface area contributed by atoms with Crippen LogP contribution in [0.15, 0.2) is 0 Å². The average Bonchev–Trinajstić information content (AvgIpc) is 2.80. The van der Waals surface area contributed by atoms with E-state index in [0.717, 1.165) is 18.7 Å². The van der Waals surface area contributed by atoms with Crippen LogP contribution in [0.25, 0.3) is 0 Å². The molecule has 1 rings (SSSR count). The first-order chi connectivity index (χ1) is 8.78. The van der Waals surface area contributed by atoms with Gasteiger partial charge in [0.15, 0.2) is 5.82 Å². The minimum Gasteiger partial charge on any atom is -0.388 e. The van der Waals surface area contributed by atoms with Gasteiger partial charge in [0.25, 0.3) is 0 Å². The SMILES string of the molecule is CCCCC(CC)c1nnc(CO)n1CCOC. The second kappa shape index (κ2) is 8.21. The molecule has 1 aromatic heterocycles. The van der Waals surface area contributed by atoms with Crippen LogP contribution in [0.2, 0.25) is 0 Å². The summed E-state index contributed by atoms with van der Waals surface area (Å²) in [4.78, 5) is 0. The predicted octanol–water partition coefficient (Wildman–Crippen LogP) is 2.10. The van der Waals surface area contributed by atoms with E-state index < -0.39 is 0 Å².